The maximum atomic E-state index is 3.66. The van der Waals surface area contributed by atoms with Gasteiger partial charge in [-0.25, -0.2) is 0 Å². The van der Waals surface area contributed by atoms with Crippen molar-refractivity contribution in [1.82, 2.24) is 0 Å². The van der Waals surface area contributed by atoms with Crippen molar-refractivity contribution in [3.8, 4) is 0 Å². The van der Waals surface area contributed by atoms with E-state index in [0.29, 0.717) is 0 Å². The molecule has 0 atom stereocenters. The Kier molecular flexibility index (Phi) is 7.92. The summed E-state index contributed by atoms with van der Waals surface area (Å²) in [7, 11) is 0. The van der Waals surface area contributed by atoms with Gasteiger partial charge >= 0.3 is 0 Å². The summed E-state index contributed by atoms with van der Waals surface area (Å²) < 4.78 is 0. The van der Waals surface area contributed by atoms with Crippen molar-refractivity contribution >= 4 is 37.4 Å². The number of hydrogen-bond donors (Lipinski definition) is 0. The second-order valence-corrected chi connectivity index (χ2v) is 5.63. The molecule has 0 aromatic heterocycles. The first-order chi connectivity index (χ1) is 8.78. The fraction of sp³-hybridized carbons (Fsp3) is 0.500. The zero-order valence-electron chi connectivity index (χ0n) is 11.3. The van der Waals surface area contributed by atoms with Crippen LogP contribution in [0.2, 0.25) is 0 Å². The molecule has 1 rings (SSSR count). The molecule has 0 radical (unpaired) electrons. The van der Waals surface area contributed by atoms with Gasteiger partial charge in [0.25, 0.3) is 0 Å². The van der Waals surface area contributed by atoms with E-state index in [9.17, 15) is 0 Å². The van der Waals surface area contributed by atoms with Crippen molar-refractivity contribution in [2.75, 3.05) is 5.33 Å². The lowest BCUT2D eigenvalue weighted by Crippen LogP contribution is -1.97. The van der Waals surface area contributed by atoms with Gasteiger partial charge < -0.3 is 0 Å². The molecular weight excluding hydrogens is 352 g/mol. The molecule has 0 N–H and O–H groups in total. The summed E-state index contributed by atoms with van der Waals surface area (Å²) in [5.74, 6) is 0. The Balaban J connectivity index is 3.25. The molecule has 100 valence electrons. The lowest BCUT2D eigenvalue weighted by molar-refractivity contribution is 0.890. The molecule has 1 aromatic carbocycles. The summed E-state index contributed by atoms with van der Waals surface area (Å²) in [5.41, 5.74) is 5.94. The molecule has 0 fully saturated rings. The van der Waals surface area contributed by atoms with Crippen LogP contribution in [0.5, 0.6) is 0 Å². The predicted octanol–water partition coefficient (Wildman–Crippen LogP) is 6.33. The Hall–Kier alpha value is -0.0800. The number of hydrogen-bond acceptors (Lipinski definition) is 0. The van der Waals surface area contributed by atoms with Gasteiger partial charge in [-0.1, -0.05) is 88.4 Å². The van der Waals surface area contributed by atoms with E-state index >= 15 is 0 Å². The molecule has 0 heterocycles. The summed E-state index contributed by atoms with van der Waals surface area (Å²) in [5, 5.41) is 1.92. The Morgan fingerprint density at radius 1 is 1.00 bits per heavy atom. The molecule has 0 aliphatic heterocycles. The van der Waals surface area contributed by atoms with E-state index in [1.54, 1.807) is 11.1 Å². The van der Waals surface area contributed by atoms with Gasteiger partial charge in [-0.15, -0.1) is 0 Å². The minimum Gasteiger partial charge on any atom is -0.0880 e. The van der Waals surface area contributed by atoms with Crippen LogP contribution in [-0.4, -0.2) is 5.33 Å². The number of halogens is 2. The molecule has 18 heavy (non-hydrogen) atoms. The van der Waals surface area contributed by atoms with Gasteiger partial charge in [-0.05, 0) is 29.5 Å². The highest BCUT2D eigenvalue weighted by atomic mass is 79.9. The third-order valence-corrected chi connectivity index (χ3v) is 4.41. The minimum atomic E-state index is 0.929. The van der Waals surface area contributed by atoms with Gasteiger partial charge in [-0.2, -0.15) is 0 Å². The van der Waals surface area contributed by atoms with Crippen LogP contribution in [0.3, 0.4) is 0 Å². The van der Waals surface area contributed by atoms with Crippen LogP contribution < -0.4 is 0 Å². The number of allylic oxidation sites excluding steroid dienone is 2. The topological polar surface area (TPSA) is 0 Å². The Labute approximate surface area is 128 Å². The normalized spacial score (nSPS) is 12.4. The molecule has 0 amide bonds. The molecule has 0 aliphatic carbocycles. The van der Waals surface area contributed by atoms with Crippen molar-refractivity contribution in [2.24, 2.45) is 0 Å². The molecular formula is C16H22Br2. The molecule has 0 spiro atoms. The monoisotopic (exact) mass is 372 g/mol. The predicted molar refractivity (Wildman–Crippen MR) is 89.6 cm³/mol. The smallest absolute Gasteiger partial charge is 0.0289 e. The zero-order valence-corrected chi connectivity index (χ0v) is 14.5. The summed E-state index contributed by atoms with van der Waals surface area (Å²) >= 11 is 7.27. The third kappa shape index (κ3) is 4.24. The van der Waals surface area contributed by atoms with E-state index in [1.165, 1.54) is 36.8 Å². The highest BCUT2D eigenvalue weighted by Gasteiger charge is 2.10. The van der Waals surface area contributed by atoms with Gasteiger partial charge in [-0.3, -0.25) is 0 Å². The van der Waals surface area contributed by atoms with Crippen molar-refractivity contribution in [2.45, 2.75) is 44.9 Å². The molecule has 0 nitrogen and oxygen atoms in total. The second kappa shape index (κ2) is 8.92. The van der Waals surface area contributed by atoms with Gasteiger partial charge in [0.2, 0.25) is 0 Å². The van der Waals surface area contributed by atoms with Crippen LogP contribution in [-0.2, 0) is 5.33 Å². The van der Waals surface area contributed by atoms with E-state index in [0.717, 1.165) is 10.7 Å². The quantitative estimate of drug-likeness (QED) is 0.489. The van der Waals surface area contributed by atoms with Crippen LogP contribution in [0.25, 0.3) is 5.57 Å². The van der Waals surface area contributed by atoms with Gasteiger partial charge in [0.15, 0.2) is 0 Å². The maximum Gasteiger partial charge on any atom is 0.0289 e. The first kappa shape index (κ1) is 16.0. The lowest BCUT2D eigenvalue weighted by atomic mass is 9.91. The molecule has 0 unspecified atom stereocenters. The van der Waals surface area contributed by atoms with E-state index in [1.807, 2.05) is 0 Å². The Bertz CT molecular complexity index is 394. The van der Waals surface area contributed by atoms with Gasteiger partial charge in [0, 0.05) is 10.7 Å². The molecule has 0 saturated heterocycles. The highest BCUT2D eigenvalue weighted by Crippen LogP contribution is 2.30. The van der Waals surface area contributed by atoms with E-state index in [2.05, 4.69) is 70.0 Å². The minimum absolute atomic E-state index is 0.929. The maximum absolute atomic E-state index is 3.66. The van der Waals surface area contributed by atoms with Crippen molar-refractivity contribution in [3.63, 3.8) is 0 Å². The highest BCUT2D eigenvalue weighted by molar-refractivity contribution is 9.09. The van der Waals surface area contributed by atoms with E-state index in [4.69, 9.17) is 0 Å². The van der Waals surface area contributed by atoms with Crippen molar-refractivity contribution < 1.29 is 0 Å². The van der Waals surface area contributed by atoms with Crippen LogP contribution in [0.1, 0.15) is 50.7 Å². The molecule has 0 aliphatic rings. The fourth-order valence-electron chi connectivity index (χ4n) is 2.28. The number of alkyl halides is 2. The fourth-order valence-corrected chi connectivity index (χ4v) is 3.39. The molecule has 2 heteroatoms. The van der Waals surface area contributed by atoms with E-state index in [-0.39, 0.29) is 0 Å². The summed E-state index contributed by atoms with van der Waals surface area (Å²) in [4.78, 5) is 0. The Morgan fingerprint density at radius 2 is 1.67 bits per heavy atom. The van der Waals surface area contributed by atoms with Crippen LogP contribution >= 0.6 is 31.9 Å². The van der Waals surface area contributed by atoms with Crippen LogP contribution in [0, 0.1) is 0 Å². The molecule has 0 bridgehead atoms. The molecule has 1 aromatic rings. The standard InChI is InChI=1S/C16H22Br2/c1-3-7-13(11-17)15(8-4-2)16-10-6-5-9-14(16)12-18/h5-6,9-10H,3-4,7-8,11-12H2,1-2H3/b15-13-. The summed E-state index contributed by atoms with van der Waals surface area (Å²) in [6.07, 6.45) is 4.78. The van der Waals surface area contributed by atoms with Crippen LogP contribution in [0.4, 0.5) is 0 Å². The zero-order chi connectivity index (χ0) is 13.4. The van der Waals surface area contributed by atoms with Gasteiger partial charge in [0.05, 0.1) is 0 Å². The number of rotatable bonds is 7. The lowest BCUT2D eigenvalue weighted by Gasteiger charge is -2.16. The largest absolute Gasteiger partial charge is 0.0880 e. The summed E-state index contributed by atoms with van der Waals surface area (Å²) in [6, 6.07) is 8.75. The SMILES string of the molecule is CCC/C(CBr)=C(\CCC)c1ccccc1CBr. The average Bonchev–Trinajstić information content (AvgIpc) is 2.42. The third-order valence-electron chi connectivity index (χ3n) is 3.13. The molecule has 0 saturated carbocycles. The van der Waals surface area contributed by atoms with Crippen molar-refractivity contribution in [3.05, 3.63) is 41.0 Å². The van der Waals surface area contributed by atoms with Gasteiger partial charge in [0.1, 0.15) is 0 Å². The van der Waals surface area contributed by atoms with Crippen molar-refractivity contribution in [1.29, 1.82) is 0 Å². The first-order valence-electron chi connectivity index (χ1n) is 6.69. The Morgan fingerprint density at radius 3 is 2.22 bits per heavy atom. The van der Waals surface area contributed by atoms with Crippen LogP contribution in [0.15, 0.2) is 29.8 Å². The number of benzene rings is 1. The average molecular weight is 374 g/mol. The summed E-state index contributed by atoms with van der Waals surface area (Å²) in [6.45, 7) is 4.51. The first-order valence-corrected chi connectivity index (χ1v) is 8.93. The van der Waals surface area contributed by atoms with E-state index < -0.39 is 0 Å². The second-order valence-electron chi connectivity index (χ2n) is 4.51.